The van der Waals surface area contributed by atoms with Gasteiger partial charge in [0.1, 0.15) is 0 Å². The van der Waals surface area contributed by atoms with Crippen LogP contribution in [0.3, 0.4) is 0 Å². The summed E-state index contributed by atoms with van der Waals surface area (Å²) in [5.74, 6) is 0. The first-order chi connectivity index (χ1) is 8.86. The quantitative estimate of drug-likeness (QED) is 0.759. The van der Waals surface area contributed by atoms with Gasteiger partial charge in [-0.3, -0.25) is 4.90 Å². The van der Waals surface area contributed by atoms with E-state index in [0.717, 1.165) is 0 Å². The van der Waals surface area contributed by atoms with Crippen LogP contribution >= 0.6 is 0 Å². The summed E-state index contributed by atoms with van der Waals surface area (Å²) in [7, 11) is 2.24. The average molecular weight is 237 g/mol. The molecule has 1 atom stereocenters. The summed E-state index contributed by atoms with van der Waals surface area (Å²) < 4.78 is 0. The van der Waals surface area contributed by atoms with Gasteiger partial charge in [0.2, 0.25) is 0 Å². The third kappa shape index (κ3) is 2.06. The zero-order valence-corrected chi connectivity index (χ0v) is 10.8. The second-order valence-corrected chi connectivity index (χ2v) is 5.09. The summed E-state index contributed by atoms with van der Waals surface area (Å²) in [6, 6.07) is 20.1. The van der Waals surface area contributed by atoms with Gasteiger partial charge in [0, 0.05) is 6.04 Å². The van der Waals surface area contributed by atoms with E-state index < -0.39 is 0 Å². The predicted octanol–water partition coefficient (Wildman–Crippen LogP) is 4.12. The lowest BCUT2D eigenvalue weighted by molar-refractivity contribution is 0.318. The number of nitrogens with zero attached hydrogens (tertiary/aromatic N) is 1. The van der Waals surface area contributed by atoms with Crippen molar-refractivity contribution in [3.8, 4) is 11.1 Å². The molecule has 0 aliphatic carbocycles. The number of benzene rings is 2. The van der Waals surface area contributed by atoms with Crippen LogP contribution in [0.1, 0.15) is 24.4 Å². The third-order valence-electron chi connectivity index (χ3n) is 3.93. The fraction of sp³-hybridized carbons (Fsp3) is 0.294. The fourth-order valence-electron chi connectivity index (χ4n) is 2.97. The van der Waals surface area contributed by atoms with E-state index in [1.165, 1.54) is 36.1 Å². The van der Waals surface area contributed by atoms with Crippen LogP contribution in [0.15, 0.2) is 54.6 Å². The molecule has 1 aliphatic rings. The molecule has 1 saturated heterocycles. The van der Waals surface area contributed by atoms with Crippen LogP contribution in [0.2, 0.25) is 0 Å². The number of hydrogen-bond acceptors (Lipinski definition) is 1. The van der Waals surface area contributed by atoms with Crippen molar-refractivity contribution in [1.82, 2.24) is 4.90 Å². The molecule has 2 aromatic rings. The lowest BCUT2D eigenvalue weighted by Gasteiger charge is -2.22. The molecule has 2 aromatic carbocycles. The maximum absolute atomic E-state index is 2.47. The minimum Gasteiger partial charge on any atom is -0.299 e. The number of hydrogen-bond donors (Lipinski definition) is 0. The van der Waals surface area contributed by atoms with Crippen LogP contribution in [-0.2, 0) is 0 Å². The third-order valence-corrected chi connectivity index (χ3v) is 3.93. The molecule has 0 N–H and O–H groups in total. The molecule has 0 amide bonds. The van der Waals surface area contributed by atoms with Crippen molar-refractivity contribution in [2.24, 2.45) is 0 Å². The summed E-state index contributed by atoms with van der Waals surface area (Å²) in [5, 5.41) is 0. The Balaban J connectivity index is 2.05. The van der Waals surface area contributed by atoms with E-state index in [-0.39, 0.29) is 0 Å². The lowest BCUT2D eigenvalue weighted by atomic mass is 9.94. The first-order valence-electron chi connectivity index (χ1n) is 6.71. The molecule has 1 aliphatic heterocycles. The van der Waals surface area contributed by atoms with Gasteiger partial charge in [-0.05, 0) is 43.1 Å². The first-order valence-corrected chi connectivity index (χ1v) is 6.71. The molecular weight excluding hydrogens is 218 g/mol. The molecule has 1 heterocycles. The molecule has 1 fully saturated rings. The van der Waals surface area contributed by atoms with Gasteiger partial charge in [0.15, 0.2) is 0 Å². The predicted molar refractivity (Wildman–Crippen MR) is 76.5 cm³/mol. The summed E-state index contributed by atoms with van der Waals surface area (Å²) >= 11 is 0. The van der Waals surface area contributed by atoms with Gasteiger partial charge in [-0.25, -0.2) is 0 Å². The van der Waals surface area contributed by atoms with Gasteiger partial charge in [-0.2, -0.15) is 0 Å². The summed E-state index contributed by atoms with van der Waals surface area (Å²) in [5.41, 5.74) is 4.19. The maximum Gasteiger partial charge on any atom is 0.0351 e. The van der Waals surface area contributed by atoms with Crippen molar-refractivity contribution in [3.05, 3.63) is 60.2 Å². The van der Waals surface area contributed by atoms with Gasteiger partial charge >= 0.3 is 0 Å². The van der Waals surface area contributed by atoms with E-state index in [0.29, 0.717) is 6.04 Å². The van der Waals surface area contributed by atoms with Crippen molar-refractivity contribution in [3.63, 3.8) is 0 Å². The van der Waals surface area contributed by atoms with Gasteiger partial charge in [-0.15, -0.1) is 0 Å². The van der Waals surface area contributed by atoms with Crippen LogP contribution in [-0.4, -0.2) is 18.5 Å². The van der Waals surface area contributed by atoms with Gasteiger partial charge < -0.3 is 0 Å². The minimum absolute atomic E-state index is 0.585. The average Bonchev–Trinajstić information content (AvgIpc) is 2.86. The molecular formula is C17H19N. The molecule has 1 nitrogen and oxygen atoms in total. The van der Waals surface area contributed by atoms with Gasteiger partial charge in [0.25, 0.3) is 0 Å². The Morgan fingerprint density at radius 2 is 1.67 bits per heavy atom. The van der Waals surface area contributed by atoms with E-state index in [2.05, 4.69) is 66.5 Å². The van der Waals surface area contributed by atoms with E-state index >= 15 is 0 Å². The molecule has 0 radical (unpaired) electrons. The highest BCUT2D eigenvalue weighted by molar-refractivity contribution is 5.67. The zero-order chi connectivity index (χ0) is 12.4. The highest BCUT2D eigenvalue weighted by atomic mass is 15.1. The van der Waals surface area contributed by atoms with Gasteiger partial charge in [-0.1, -0.05) is 54.6 Å². The smallest absolute Gasteiger partial charge is 0.0351 e. The summed E-state index contributed by atoms with van der Waals surface area (Å²) in [4.78, 5) is 2.47. The second kappa shape index (κ2) is 4.95. The Morgan fingerprint density at radius 3 is 2.39 bits per heavy atom. The molecule has 3 rings (SSSR count). The Morgan fingerprint density at radius 1 is 0.944 bits per heavy atom. The summed E-state index contributed by atoms with van der Waals surface area (Å²) in [6.07, 6.45) is 2.59. The SMILES string of the molecule is CN1CCCC1c1ccccc1-c1ccccc1. The Kier molecular flexibility index (Phi) is 3.16. The van der Waals surface area contributed by atoms with Crippen molar-refractivity contribution < 1.29 is 0 Å². The van der Waals surface area contributed by atoms with E-state index in [4.69, 9.17) is 0 Å². The molecule has 18 heavy (non-hydrogen) atoms. The normalized spacial score (nSPS) is 20.2. The van der Waals surface area contributed by atoms with Crippen LogP contribution in [0.4, 0.5) is 0 Å². The topological polar surface area (TPSA) is 3.24 Å². The minimum atomic E-state index is 0.585. The van der Waals surface area contributed by atoms with E-state index in [1.807, 2.05) is 0 Å². The highest BCUT2D eigenvalue weighted by Gasteiger charge is 2.24. The fourth-order valence-corrected chi connectivity index (χ4v) is 2.97. The standard InChI is InChI=1S/C17H19N/c1-18-13-7-12-17(18)16-11-6-5-10-15(16)14-8-3-2-4-9-14/h2-6,8-11,17H,7,12-13H2,1H3. The van der Waals surface area contributed by atoms with Crippen LogP contribution < -0.4 is 0 Å². The van der Waals surface area contributed by atoms with Crippen molar-refractivity contribution in [2.75, 3.05) is 13.6 Å². The maximum atomic E-state index is 2.47. The molecule has 0 aromatic heterocycles. The molecule has 0 bridgehead atoms. The first kappa shape index (κ1) is 11.5. The molecule has 0 saturated carbocycles. The van der Waals surface area contributed by atoms with Gasteiger partial charge in [0.05, 0.1) is 0 Å². The van der Waals surface area contributed by atoms with Crippen molar-refractivity contribution >= 4 is 0 Å². The van der Waals surface area contributed by atoms with Crippen molar-refractivity contribution in [2.45, 2.75) is 18.9 Å². The molecule has 0 spiro atoms. The Labute approximate surface area is 109 Å². The highest BCUT2D eigenvalue weighted by Crippen LogP contribution is 2.36. The number of likely N-dealkylation sites (tertiary alicyclic amines) is 1. The molecule has 1 heteroatoms. The van der Waals surface area contributed by atoms with Crippen LogP contribution in [0, 0.1) is 0 Å². The summed E-state index contributed by atoms with van der Waals surface area (Å²) in [6.45, 7) is 1.22. The molecule has 92 valence electrons. The Hall–Kier alpha value is -1.60. The van der Waals surface area contributed by atoms with Crippen LogP contribution in [0.5, 0.6) is 0 Å². The molecule has 1 unspecified atom stereocenters. The van der Waals surface area contributed by atoms with Crippen molar-refractivity contribution in [1.29, 1.82) is 0 Å². The van der Waals surface area contributed by atoms with E-state index in [1.54, 1.807) is 0 Å². The monoisotopic (exact) mass is 237 g/mol. The largest absolute Gasteiger partial charge is 0.299 e. The number of rotatable bonds is 2. The van der Waals surface area contributed by atoms with E-state index in [9.17, 15) is 0 Å². The zero-order valence-electron chi connectivity index (χ0n) is 10.8. The lowest BCUT2D eigenvalue weighted by Crippen LogP contribution is -2.18. The Bertz CT molecular complexity index is 518. The second-order valence-electron chi connectivity index (χ2n) is 5.09. The van der Waals surface area contributed by atoms with Crippen LogP contribution in [0.25, 0.3) is 11.1 Å².